The fourth-order valence-corrected chi connectivity index (χ4v) is 7.39. The van der Waals surface area contributed by atoms with Crippen LogP contribution in [0.1, 0.15) is 69.5 Å². The number of hydrogen-bond acceptors (Lipinski definition) is 8. The van der Waals surface area contributed by atoms with E-state index in [1.807, 2.05) is 36.6 Å². The lowest BCUT2D eigenvalue weighted by molar-refractivity contribution is -0.130. The maximum Gasteiger partial charge on any atom is 0.318 e. The molecule has 11 nitrogen and oxygen atoms in total. The van der Waals surface area contributed by atoms with Gasteiger partial charge in [-0.2, -0.15) is 0 Å². The molecule has 4 N–H and O–H groups in total. The molecule has 3 aliphatic rings. The molecular formula is C34H42N6O5S. The highest BCUT2D eigenvalue weighted by atomic mass is 32.1. The molecule has 244 valence electrons. The first kappa shape index (κ1) is 31.8. The molecule has 0 radical (unpaired) electrons. The minimum Gasteiger partial charge on any atom is -0.496 e. The number of allylic oxidation sites excluding steroid dienone is 1. The zero-order chi connectivity index (χ0) is 32.6. The molecular weight excluding hydrogens is 604 g/mol. The van der Waals surface area contributed by atoms with Gasteiger partial charge in [-0.05, 0) is 50.7 Å². The molecule has 4 atom stereocenters. The van der Waals surface area contributed by atoms with E-state index < -0.39 is 29.5 Å². The van der Waals surface area contributed by atoms with E-state index in [-0.39, 0.29) is 30.8 Å². The van der Waals surface area contributed by atoms with Crippen LogP contribution in [0.5, 0.6) is 11.5 Å². The monoisotopic (exact) mass is 646 g/mol. The number of nitrogens with one attached hydrogen (secondary N) is 2. The minimum atomic E-state index is -1.13. The van der Waals surface area contributed by atoms with Gasteiger partial charge in [-0.25, -0.2) is 14.8 Å². The Morgan fingerprint density at radius 2 is 2.00 bits per heavy atom. The number of fused-ring (bicyclic) bond motifs is 3. The molecule has 2 aliphatic heterocycles. The molecule has 4 unspecified atom stereocenters. The summed E-state index contributed by atoms with van der Waals surface area (Å²) in [6.45, 7) is 6.87. The summed E-state index contributed by atoms with van der Waals surface area (Å²) in [5.74, 6) is 0.448. The molecule has 1 saturated carbocycles. The highest BCUT2D eigenvalue weighted by Gasteiger charge is 2.60. The number of benzene rings is 1. The van der Waals surface area contributed by atoms with Crippen molar-refractivity contribution >= 4 is 40.1 Å². The van der Waals surface area contributed by atoms with E-state index in [1.54, 1.807) is 7.11 Å². The zero-order valence-electron chi connectivity index (χ0n) is 26.8. The first-order valence-electron chi connectivity index (χ1n) is 16.0. The van der Waals surface area contributed by atoms with Crippen molar-refractivity contribution in [2.75, 3.05) is 20.2 Å². The molecule has 4 amide bonds. The van der Waals surface area contributed by atoms with Crippen molar-refractivity contribution in [1.82, 2.24) is 25.5 Å². The Bertz CT molecular complexity index is 1690. The van der Waals surface area contributed by atoms with E-state index >= 15 is 0 Å². The van der Waals surface area contributed by atoms with Crippen molar-refractivity contribution in [3.63, 3.8) is 0 Å². The Morgan fingerprint density at radius 1 is 1.17 bits per heavy atom. The maximum absolute atomic E-state index is 13.8. The van der Waals surface area contributed by atoms with Gasteiger partial charge in [0.15, 0.2) is 0 Å². The van der Waals surface area contributed by atoms with Crippen LogP contribution in [0.2, 0.25) is 0 Å². The predicted octanol–water partition coefficient (Wildman–Crippen LogP) is 4.82. The summed E-state index contributed by atoms with van der Waals surface area (Å²) in [6, 6.07) is 4.52. The van der Waals surface area contributed by atoms with Crippen LogP contribution in [0.15, 0.2) is 35.7 Å². The standard InChI is InChI=1S/C34H42N6O5S/c1-19(2)25-18-46-31(38-25)24-15-28(23-11-12-27(44-4)20(3)29(23)37-24)45-22-14-26-30(41)39-34(32(35)42)16-21(34)10-8-6-5-7-9-13-36-33(43)40(26)17-22/h8,10-12,15,18-19,21-22,26H,5-7,9,13-14,16-17H2,1-4H3,(H2,35,42)(H,36,43)(H,39,41). The molecule has 1 aliphatic carbocycles. The quantitative estimate of drug-likeness (QED) is 0.325. The van der Waals surface area contributed by atoms with Crippen molar-refractivity contribution in [1.29, 1.82) is 0 Å². The number of thiazole rings is 1. The average molecular weight is 647 g/mol. The third kappa shape index (κ3) is 6.14. The largest absolute Gasteiger partial charge is 0.496 e. The Labute approximate surface area is 272 Å². The third-order valence-electron chi connectivity index (χ3n) is 9.31. The van der Waals surface area contributed by atoms with Gasteiger partial charge in [0.25, 0.3) is 0 Å². The third-order valence-corrected chi connectivity index (χ3v) is 10.2. The topological polar surface area (TPSA) is 149 Å². The lowest BCUT2D eigenvalue weighted by Gasteiger charge is -2.26. The maximum atomic E-state index is 13.8. The van der Waals surface area contributed by atoms with Gasteiger partial charge in [0.2, 0.25) is 11.8 Å². The number of methoxy groups -OCH3 is 1. The molecule has 12 heteroatoms. The highest BCUT2D eigenvalue weighted by molar-refractivity contribution is 7.13. The van der Waals surface area contributed by atoms with E-state index in [2.05, 4.69) is 30.6 Å². The molecule has 0 bridgehead atoms. The molecule has 1 aromatic carbocycles. The van der Waals surface area contributed by atoms with Gasteiger partial charge in [-0.15, -0.1) is 11.3 Å². The normalized spacial score (nSPS) is 25.2. The Hall–Kier alpha value is -4.19. The second-order valence-corrected chi connectivity index (χ2v) is 13.7. The van der Waals surface area contributed by atoms with Crippen molar-refractivity contribution in [3.8, 4) is 22.2 Å². The molecule has 3 aromatic rings. The average Bonchev–Trinajstić information content (AvgIpc) is 3.33. The van der Waals surface area contributed by atoms with E-state index in [1.165, 1.54) is 16.2 Å². The summed E-state index contributed by atoms with van der Waals surface area (Å²) in [6.07, 6.45) is 7.90. The second-order valence-electron chi connectivity index (χ2n) is 12.8. The first-order valence-corrected chi connectivity index (χ1v) is 16.9. The lowest BCUT2D eigenvalue weighted by Crippen LogP contribution is -2.55. The van der Waals surface area contributed by atoms with Crippen LogP contribution < -0.4 is 25.8 Å². The Balaban J connectivity index is 1.33. The molecule has 4 heterocycles. The van der Waals surface area contributed by atoms with Gasteiger partial charge in [0, 0.05) is 41.3 Å². The number of aromatic nitrogens is 2. The van der Waals surface area contributed by atoms with Gasteiger partial charge in [-0.1, -0.05) is 32.4 Å². The van der Waals surface area contributed by atoms with Crippen molar-refractivity contribution in [3.05, 3.63) is 47.0 Å². The van der Waals surface area contributed by atoms with Crippen molar-refractivity contribution in [2.24, 2.45) is 11.7 Å². The lowest BCUT2D eigenvalue weighted by atomic mass is 10.1. The van der Waals surface area contributed by atoms with E-state index in [0.29, 0.717) is 30.2 Å². The number of carbonyl (C=O) groups excluding carboxylic acids is 3. The van der Waals surface area contributed by atoms with Crippen LogP contribution in [0, 0.1) is 12.8 Å². The van der Waals surface area contributed by atoms with Gasteiger partial charge < -0.3 is 30.7 Å². The van der Waals surface area contributed by atoms with Crippen molar-refractivity contribution < 1.29 is 23.9 Å². The highest BCUT2D eigenvalue weighted by Crippen LogP contribution is 2.45. The fraction of sp³-hybridized carbons (Fsp3) is 0.500. The van der Waals surface area contributed by atoms with Crippen LogP contribution in [-0.4, -0.2) is 70.6 Å². The molecule has 6 rings (SSSR count). The molecule has 1 saturated heterocycles. The van der Waals surface area contributed by atoms with Gasteiger partial charge in [0.05, 0.1) is 24.9 Å². The summed E-state index contributed by atoms with van der Waals surface area (Å²) in [5.41, 5.74) is 7.94. The first-order chi connectivity index (χ1) is 22.1. The van der Waals surface area contributed by atoms with Crippen LogP contribution in [0.25, 0.3) is 21.6 Å². The van der Waals surface area contributed by atoms with Crippen LogP contribution >= 0.6 is 11.3 Å². The zero-order valence-corrected chi connectivity index (χ0v) is 27.6. The van der Waals surface area contributed by atoms with Gasteiger partial charge in [-0.3, -0.25) is 9.59 Å². The molecule has 0 spiro atoms. The molecule has 2 fully saturated rings. The number of rotatable bonds is 6. The van der Waals surface area contributed by atoms with Crippen LogP contribution in [0.4, 0.5) is 4.79 Å². The second kappa shape index (κ2) is 12.9. The Morgan fingerprint density at radius 3 is 2.74 bits per heavy atom. The van der Waals surface area contributed by atoms with Crippen LogP contribution in [0.3, 0.4) is 0 Å². The number of carbonyl (C=O) groups is 3. The predicted molar refractivity (Wildman–Crippen MR) is 177 cm³/mol. The van der Waals surface area contributed by atoms with Gasteiger partial charge in [0.1, 0.15) is 39.9 Å². The Kier molecular flexibility index (Phi) is 8.91. The van der Waals surface area contributed by atoms with E-state index in [0.717, 1.165) is 52.9 Å². The van der Waals surface area contributed by atoms with Crippen molar-refractivity contribution in [2.45, 2.75) is 82.9 Å². The number of aryl methyl sites for hydroxylation is 1. The number of amides is 4. The summed E-state index contributed by atoms with van der Waals surface area (Å²) >= 11 is 1.53. The number of ether oxygens (including phenoxy) is 2. The number of nitrogens with zero attached hydrogens (tertiary/aromatic N) is 3. The smallest absolute Gasteiger partial charge is 0.318 e. The van der Waals surface area contributed by atoms with Gasteiger partial charge >= 0.3 is 6.03 Å². The number of pyridine rings is 1. The minimum absolute atomic E-state index is 0.154. The van der Waals surface area contributed by atoms with E-state index in [4.69, 9.17) is 25.2 Å². The number of urea groups is 1. The molecule has 2 aromatic heterocycles. The number of hydrogen-bond donors (Lipinski definition) is 3. The summed E-state index contributed by atoms with van der Waals surface area (Å²) in [7, 11) is 1.63. The summed E-state index contributed by atoms with van der Waals surface area (Å²) in [4.78, 5) is 51.1. The summed E-state index contributed by atoms with van der Waals surface area (Å²) < 4.78 is 12.3. The number of nitrogens with two attached hydrogens (primary N) is 1. The molecule has 46 heavy (non-hydrogen) atoms. The summed E-state index contributed by atoms with van der Waals surface area (Å²) in [5, 5.41) is 9.53. The van der Waals surface area contributed by atoms with E-state index in [9.17, 15) is 14.4 Å². The number of primary amides is 1. The SMILES string of the molecule is COc1ccc2c(OC3CC4C(=O)NC5(C(N)=O)CC5C=CCCCCCNC(=O)N4C3)cc(-c3nc(C(C)C)cs3)nc2c1C. The van der Waals surface area contributed by atoms with Crippen LogP contribution in [-0.2, 0) is 9.59 Å². The fourth-order valence-electron chi connectivity index (χ4n) is 6.45.